The first-order chi connectivity index (χ1) is 8.24. The molecule has 17 heavy (non-hydrogen) atoms. The van der Waals surface area contributed by atoms with Gasteiger partial charge in [-0.1, -0.05) is 54.1 Å². The van der Waals surface area contributed by atoms with Crippen LogP contribution in [0.4, 0.5) is 0 Å². The summed E-state index contributed by atoms with van der Waals surface area (Å²) < 4.78 is 0. The van der Waals surface area contributed by atoms with E-state index in [0.29, 0.717) is 5.92 Å². The van der Waals surface area contributed by atoms with Crippen molar-refractivity contribution < 1.29 is 0 Å². The van der Waals surface area contributed by atoms with Gasteiger partial charge in [0.05, 0.1) is 0 Å². The minimum atomic E-state index is 0.641. The monoisotopic (exact) mass is 222 g/mol. The molecular formula is C17H18. The third kappa shape index (κ3) is 1.88. The first-order valence-corrected chi connectivity index (χ1v) is 6.37. The maximum absolute atomic E-state index is 4.24. The molecule has 0 spiro atoms. The molecule has 0 radical (unpaired) electrons. The van der Waals surface area contributed by atoms with Crippen LogP contribution in [0, 0.1) is 6.92 Å². The van der Waals surface area contributed by atoms with Gasteiger partial charge in [0, 0.05) is 0 Å². The minimum absolute atomic E-state index is 0.641. The summed E-state index contributed by atoms with van der Waals surface area (Å²) in [5.41, 5.74) is 7.16. The van der Waals surface area contributed by atoms with E-state index in [1.54, 1.807) is 5.57 Å². The van der Waals surface area contributed by atoms with Crippen LogP contribution in [0.15, 0.2) is 59.7 Å². The second kappa shape index (κ2) is 4.03. The van der Waals surface area contributed by atoms with Crippen molar-refractivity contribution in [2.45, 2.75) is 32.1 Å². The standard InChI is InChI=1S/C17H18/c1-12-6-8-14(9-7-12)16-10-13(2)17-5-3-4-15(17)11-16/h3,5-9,16H,2,4,10-11H2,1H3. The van der Waals surface area contributed by atoms with E-state index in [2.05, 4.69) is 49.9 Å². The van der Waals surface area contributed by atoms with Gasteiger partial charge in [0.15, 0.2) is 0 Å². The molecule has 2 aliphatic carbocycles. The molecule has 0 nitrogen and oxygen atoms in total. The fraction of sp³-hybridized carbons (Fsp3) is 0.294. The van der Waals surface area contributed by atoms with Crippen molar-refractivity contribution in [1.82, 2.24) is 0 Å². The van der Waals surface area contributed by atoms with Crippen LogP contribution >= 0.6 is 0 Å². The van der Waals surface area contributed by atoms with Gasteiger partial charge in [-0.15, -0.1) is 0 Å². The van der Waals surface area contributed by atoms with Crippen molar-refractivity contribution in [3.05, 3.63) is 70.8 Å². The first kappa shape index (κ1) is 10.6. The molecule has 0 heterocycles. The van der Waals surface area contributed by atoms with Gasteiger partial charge >= 0.3 is 0 Å². The van der Waals surface area contributed by atoms with Crippen LogP contribution in [-0.4, -0.2) is 0 Å². The quantitative estimate of drug-likeness (QED) is 0.647. The zero-order chi connectivity index (χ0) is 11.8. The summed E-state index contributed by atoms with van der Waals surface area (Å²) in [5, 5.41) is 0. The molecule has 3 rings (SSSR count). The van der Waals surface area contributed by atoms with Crippen LogP contribution in [0.2, 0.25) is 0 Å². The van der Waals surface area contributed by atoms with E-state index in [9.17, 15) is 0 Å². The molecule has 0 heteroatoms. The van der Waals surface area contributed by atoms with Gasteiger partial charge in [-0.25, -0.2) is 0 Å². The molecule has 0 fully saturated rings. The van der Waals surface area contributed by atoms with E-state index in [0.717, 1.165) is 12.8 Å². The molecule has 86 valence electrons. The zero-order valence-corrected chi connectivity index (χ0v) is 10.4. The van der Waals surface area contributed by atoms with Crippen LogP contribution in [0.25, 0.3) is 0 Å². The molecule has 1 aromatic carbocycles. The average molecular weight is 222 g/mol. The predicted molar refractivity (Wildman–Crippen MR) is 73.1 cm³/mol. The molecule has 2 aliphatic rings. The van der Waals surface area contributed by atoms with Crippen molar-refractivity contribution in [1.29, 1.82) is 0 Å². The van der Waals surface area contributed by atoms with Crippen LogP contribution in [0.1, 0.15) is 36.3 Å². The second-order valence-corrected chi connectivity index (χ2v) is 5.24. The van der Waals surface area contributed by atoms with Gasteiger partial charge in [-0.2, -0.15) is 0 Å². The molecule has 0 saturated heterocycles. The molecule has 0 bridgehead atoms. The Morgan fingerprint density at radius 2 is 1.88 bits per heavy atom. The Labute approximate surface area is 103 Å². The molecule has 0 saturated carbocycles. The normalized spacial score (nSPS) is 23.1. The van der Waals surface area contributed by atoms with E-state index in [-0.39, 0.29) is 0 Å². The number of hydrogen-bond acceptors (Lipinski definition) is 0. The summed E-state index contributed by atoms with van der Waals surface area (Å²) in [6, 6.07) is 8.99. The van der Waals surface area contributed by atoms with Crippen molar-refractivity contribution >= 4 is 0 Å². The SMILES string of the molecule is C=C1CC(c2ccc(C)cc2)CC2=C1C=CC2. The average Bonchev–Trinajstić information content (AvgIpc) is 2.78. The van der Waals surface area contributed by atoms with Gasteiger partial charge in [0.25, 0.3) is 0 Å². The Morgan fingerprint density at radius 1 is 1.12 bits per heavy atom. The fourth-order valence-electron chi connectivity index (χ4n) is 2.96. The smallest absolute Gasteiger partial charge is 0.00838 e. The van der Waals surface area contributed by atoms with Crippen LogP contribution in [-0.2, 0) is 0 Å². The van der Waals surface area contributed by atoms with E-state index in [1.165, 1.54) is 28.7 Å². The third-order valence-electron chi connectivity index (χ3n) is 3.94. The van der Waals surface area contributed by atoms with Crippen molar-refractivity contribution in [3.8, 4) is 0 Å². The topological polar surface area (TPSA) is 0 Å². The Morgan fingerprint density at radius 3 is 2.65 bits per heavy atom. The molecule has 0 aliphatic heterocycles. The van der Waals surface area contributed by atoms with Gasteiger partial charge in [-0.3, -0.25) is 0 Å². The molecule has 1 aromatic rings. The lowest BCUT2D eigenvalue weighted by Crippen LogP contribution is -2.08. The summed E-state index contributed by atoms with van der Waals surface area (Å²) in [5.74, 6) is 0.641. The van der Waals surface area contributed by atoms with Gasteiger partial charge in [0.1, 0.15) is 0 Å². The Balaban J connectivity index is 1.88. The summed E-state index contributed by atoms with van der Waals surface area (Å²) in [6.45, 7) is 6.38. The highest BCUT2D eigenvalue weighted by Gasteiger charge is 2.24. The summed E-state index contributed by atoms with van der Waals surface area (Å²) in [7, 11) is 0. The maximum atomic E-state index is 4.24. The Hall–Kier alpha value is -1.56. The number of hydrogen-bond donors (Lipinski definition) is 0. The van der Waals surface area contributed by atoms with Crippen LogP contribution in [0.3, 0.4) is 0 Å². The highest BCUT2D eigenvalue weighted by Crippen LogP contribution is 2.42. The van der Waals surface area contributed by atoms with Crippen LogP contribution in [0.5, 0.6) is 0 Å². The molecule has 1 atom stereocenters. The van der Waals surface area contributed by atoms with Crippen molar-refractivity contribution in [3.63, 3.8) is 0 Å². The Kier molecular flexibility index (Phi) is 2.51. The maximum Gasteiger partial charge on any atom is -0.00838 e. The molecular weight excluding hydrogens is 204 g/mol. The number of rotatable bonds is 1. The minimum Gasteiger partial charge on any atom is -0.0952 e. The van der Waals surface area contributed by atoms with Crippen LogP contribution < -0.4 is 0 Å². The fourth-order valence-corrected chi connectivity index (χ4v) is 2.96. The second-order valence-electron chi connectivity index (χ2n) is 5.24. The Bertz CT molecular complexity index is 511. The molecule has 1 unspecified atom stereocenters. The van der Waals surface area contributed by atoms with Gasteiger partial charge < -0.3 is 0 Å². The first-order valence-electron chi connectivity index (χ1n) is 6.37. The van der Waals surface area contributed by atoms with Gasteiger partial charge in [-0.05, 0) is 48.8 Å². The number of allylic oxidation sites excluding steroid dienone is 5. The summed E-state index contributed by atoms with van der Waals surface area (Å²) in [4.78, 5) is 0. The van der Waals surface area contributed by atoms with Crippen molar-refractivity contribution in [2.24, 2.45) is 0 Å². The molecule has 0 N–H and O–H groups in total. The predicted octanol–water partition coefficient (Wildman–Crippen LogP) is 4.69. The lowest BCUT2D eigenvalue weighted by molar-refractivity contribution is 0.646. The molecule has 0 aromatic heterocycles. The summed E-state index contributed by atoms with van der Waals surface area (Å²) in [6.07, 6.45) is 7.99. The number of aryl methyl sites for hydroxylation is 1. The van der Waals surface area contributed by atoms with E-state index in [4.69, 9.17) is 0 Å². The lowest BCUT2D eigenvalue weighted by atomic mass is 9.78. The van der Waals surface area contributed by atoms with Gasteiger partial charge in [0.2, 0.25) is 0 Å². The summed E-state index contributed by atoms with van der Waals surface area (Å²) >= 11 is 0. The van der Waals surface area contributed by atoms with E-state index >= 15 is 0 Å². The van der Waals surface area contributed by atoms with Crippen molar-refractivity contribution in [2.75, 3.05) is 0 Å². The zero-order valence-electron chi connectivity index (χ0n) is 10.4. The molecule has 0 amide bonds. The third-order valence-corrected chi connectivity index (χ3v) is 3.94. The number of benzene rings is 1. The van der Waals surface area contributed by atoms with E-state index < -0.39 is 0 Å². The highest BCUT2D eigenvalue weighted by molar-refractivity contribution is 5.51. The largest absolute Gasteiger partial charge is 0.0952 e. The highest BCUT2D eigenvalue weighted by atomic mass is 14.3. The van der Waals surface area contributed by atoms with E-state index in [1.807, 2.05) is 0 Å². The lowest BCUT2D eigenvalue weighted by Gasteiger charge is -2.26.